The van der Waals surface area contributed by atoms with E-state index >= 15 is 0 Å². The number of carbonyl (C=O) groups is 3. The Morgan fingerprint density at radius 2 is 1.15 bits per heavy atom. The number of carbonyl (C=O) groups excluding carboxylic acids is 3. The Hall–Kier alpha value is -4.45. The van der Waals surface area contributed by atoms with Gasteiger partial charge in [0.1, 0.15) is 5.41 Å². The molecule has 2 aliphatic carbocycles. The molecule has 4 aromatic carbocycles. The highest BCUT2D eigenvalue weighted by atomic mass is 35.5. The zero-order valence-electron chi connectivity index (χ0n) is 20.1. The van der Waals surface area contributed by atoms with Gasteiger partial charge in [-0.15, -0.1) is 0 Å². The SMILES string of the molecule is O=C1C2=C(c3ccccc31)N(c1ccc(Cl)c(Cl)c1)C1=C(C(=O)c3ccccc31)C21C(=O)Nc2ccccc21. The van der Waals surface area contributed by atoms with Gasteiger partial charge in [-0.25, -0.2) is 0 Å². The predicted octanol–water partition coefficient (Wildman–Crippen LogP) is 6.92. The summed E-state index contributed by atoms with van der Waals surface area (Å²) in [5.41, 5.74) is 4.13. The van der Waals surface area contributed by atoms with Crippen molar-refractivity contribution in [3.05, 3.63) is 140 Å². The largest absolute Gasteiger partial charge is 0.324 e. The summed E-state index contributed by atoms with van der Waals surface area (Å²) >= 11 is 12.8. The summed E-state index contributed by atoms with van der Waals surface area (Å²) in [6.45, 7) is 0. The van der Waals surface area contributed by atoms with E-state index in [0.29, 0.717) is 60.6 Å². The van der Waals surface area contributed by atoms with Crippen LogP contribution in [0.2, 0.25) is 10.0 Å². The van der Waals surface area contributed by atoms with Gasteiger partial charge in [-0.3, -0.25) is 14.4 Å². The third-order valence-electron chi connectivity index (χ3n) is 8.06. The standard InChI is InChI=1S/C32H16Cl2N2O3/c33-22-14-13-16(15-23(22)34)36-27-17-7-1-3-9-19(17)29(37)25(27)32(21-11-5-6-12-24(21)35-31(32)39)26-28(36)18-8-2-4-10-20(18)30(26)38/h1-15H,(H,35,39). The Balaban J connectivity index is 1.58. The number of rotatable bonds is 1. The maximum absolute atomic E-state index is 14.4. The highest BCUT2D eigenvalue weighted by Crippen LogP contribution is 2.62. The van der Waals surface area contributed by atoms with Crippen molar-refractivity contribution in [2.45, 2.75) is 5.41 Å². The van der Waals surface area contributed by atoms with Crippen LogP contribution in [-0.4, -0.2) is 17.5 Å². The molecule has 4 aliphatic rings. The highest BCUT2D eigenvalue weighted by Gasteiger charge is 2.64. The lowest BCUT2D eigenvalue weighted by molar-refractivity contribution is -0.118. The molecule has 5 nitrogen and oxygen atoms in total. The number of hydrogen-bond donors (Lipinski definition) is 1. The second-order valence-electron chi connectivity index (χ2n) is 9.88. The molecule has 0 radical (unpaired) electrons. The summed E-state index contributed by atoms with van der Waals surface area (Å²) in [7, 11) is 0. The van der Waals surface area contributed by atoms with E-state index in [9.17, 15) is 14.4 Å². The van der Waals surface area contributed by atoms with E-state index in [1.807, 2.05) is 47.4 Å². The van der Waals surface area contributed by atoms with E-state index in [-0.39, 0.29) is 22.7 Å². The third-order valence-corrected chi connectivity index (χ3v) is 8.80. The molecule has 2 heterocycles. The van der Waals surface area contributed by atoms with Crippen LogP contribution in [0.4, 0.5) is 11.4 Å². The fraction of sp³-hybridized carbons (Fsp3) is 0.0312. The molecule has 7 heteroatoms. The monoisotopic (exact) mass is 546 g/mol. The number of para-hydroxylation sites is 1. The van der Waals surface area contributed by atoms with Crippen LogP contribution in [-0.2, 0) is 10.2 Å². The summed E-state index contributed by atoms with van der Waals surface area (Å²) in [5, 5.41) is 3.69. The Morgan fingerprint density at radius 1 is 0.615 bits per heavy atom. The van der Waals surface area contributed by atoms with Crippen LogP contribution >= 0.6 is 23.2 Å². The van der Waals surface area contributed by atoms with Crippen molar-refractivity contribution < 1.29 is 14.4 Å². The molecule has 2 aliphatic heterocycles. The number of fused-ring (bicyclic) bond motifs is 8. The molecule has 1 amide bonds. The van der Waals surface area contributed by atoms with Crippen molar-refractivity contribution in [1.29, 1.82) is 0 Å². The fourth-order valence-electron chi connectivity index (χ4n) is 6.56. The number of ketones is 2. The molecule has 0 atom stereocenters. The third kappa shape index (κ3) is 2.59. The molecule has 1 N–H and O–H groups in total. The van der Waals surface area contributed by atoms with Gasteiger partial charge in [0, 0.05) is 50.3 Å². The van der Waals surface area contributed by atoms with Crippen LogP contribution in [0, 0.1) is 0 Å². The summed E-state index contributed by atoms with van der Waals surface area (Å²) in [4.78, 5) is 44.9. The molecule has 39 heavy (non-hydrogen) atoms. The highest BCUT2D eigenvalue weighted by molar-refractivity contribution is 6.43. The normalized spacial score (nSPS) is 17.8. The zero-order valence-corrected chi connectivity index (χ0v) is 21.6. The smallest absolute Gasteiger partial charge is 0.244 e. The van der Waals surface area contributed by atoms with Crippen molar-refractivity contribution in [3.63, 3.8) is 0 Å². The Bertz CT molecular complexity index is 1860. The van der Waals surface area contributed by atoms with E-state index in [0.717, 1.165) is 0 Å². The lowest BCUT2D eigenvalue weighted by Gasteiger charge is -2.41. The molecule has 186 valence electrons. The van der Waals surface area contributed by atoms with Gasteiger partial charge in [0.2, 0.25) is 5.91 Å². The van der Waals surface area contributed by atoms with Crippen LogP contribution in [0.1, 0.15) is 37.4 Å². The topological polar surface area (TPSA) is 66.5 Å². The fourth-order valence-corrected chi connectivity index (χ4v) is 6.85. The van der Waals surface area contributed by atoms with Crippen molar-refractivity contribution in [2.75, 3.05) is 10.2 Å². The number of Topliss-reactive ketones (excluding diaryl/α,β-unsaturated/α-hetero) is 2. The first-order chi connectivity index (χ1) is 18.9. The molecule has 1 spiro atoms. The van der Waals surface area contributed by atoms with Gasteiger partial charge in [-0.05, 0) is 24.3 Å². The molecular weight excluding hydrogens is 531 g/mol. The van der Waals surface area contributed by atoms with Gasteiger partial charge in [0.15, 0.2) is 11.6 Å². The quantitative estimate of drug-likeness (QED) is 0.281. The van der Waals surface area contributed by atoms with E-state index in [1.54, 1.807) is 48.5 Å². The number of nitrogens with one attached hydrogen (secondary N) is 1. The maximum Gasteiger partial charge on any atom is 0.244 e. The number of nitrogens with zero attached hydrogens (tertiary/aromatic N) is 1. The first kappa shape index (κ1) is 22.5. The average molecular weight is 547 g/mol. The zero-order chi connectivity index (χ0) is 26.6. The number of amides is 1. The molecule has 0 saturated heterocycles. The van der Waals surface area contributed by atoms with Crippen LogP contribution in [0.3, 0.4) is 0 Å². The summed E-state index contributed by atoms with van der Waals surface area (Å²) < 4.78 is 0. The molecule has 8 rings (SSSR count). The molecule has 0 saturated carbocycles. The van der Waals surface area contributed by atoms with Gasteiger partial charge >= 0.3 is 0 Å². The lowest BCUT2D eigenvalue weighted by atomic mass is 9.65. The van der Waals surface area contributed by atoms with E-state index < -0.39 is 11.3 Å². The molecule has 0 fully saturated rings. The summed E-state index contributed by atoms with van der Waals surface area (Å²) in [5.74, 6) is -0.986. The maximum atomic E-state index is 14.4. The Kier molecular flexibility index (Phi) is 4.37. The van der Waals surface area contributed by atoms with E-state index in [2.05, 4.69) is 5.32 Å². The number of hydrogen-bond acceptors (Lipinski definition) is 4. The second kappa shape index (κ2) is 7.56. The minimum absolute atomic E-state index is 0.261. The van der Waals surface area contributed by atoms with Crippen LogP contribution in [0.5, 0.6) is 0 Å². The Morgan fingerprint density at radius 3 is 1.74 bits per heavy atom. The van der Waals surface area contributed by atoms with Crippen LogP contribution in [0.15, 0.2) is 102 Å². The first-order valence-electron chi connectivity index (χ1n) is 12.4. The lowest BCUT2D eigenvalue weighted by Crippen LogP contribution is -2.47. The summed E-state index contributed by atoms with van der Waals surface area (Å²) in [6, 6.07) is 27.1. The van der Waals surface area contributed by atoms with Crippen molar-refractivity contribution >= 4 is 63.4 Å². The molecule has 4 aromatic rings. The average Bonchev–Trinajstić information content (AvgIpc) is 3.53. The van der Waals surface area contributed by atoms with Gasteiger partial charge in [0.05, 0.1) is 21.4 Å². The van der Waals surface area contributed by atoms with Gasteiger partial charge in [0.25, 0.3) is 0 Å². The minimum Gasteiger partial charge on any atom is -0.324 e. The number of halogens is 2. The van der Waals surface area contributed by atoms with Crippen molar-refractivity contribution in [1.82, 2.24) is 0 Å². The molecule has 0 unspecified atom stereocenters. The minimum atomic E-state index is -1.62. The second-order valence-corrected chi connectivity index (χ2v) is 10.7. The summed E-state index contributed by atoms with van der Waals surface area (Å²) in [6.07, 6.45) is 0. The van der Waals surface area contributed by atoms with Crippen LogP contribution in [0.25, 0.3) is 11.4 Å². The predicted molar refractivity (Wildman–Crippen MR) is 151 cm³/mol. The number of anilines is 2. The van der Waals surface area contributed by atoms with Crippen molar-refractivity contribution in [2.24, 2.45) is 0 Å². The van der Waals surface area contributed by atoms with Crippen molar-refractivity contribution in [3.8, 4) is 0 Å². The van der Waals surface area contributed by atoms with Gasteiger partial charge in [-0.2, -0.15) is 0 Å². The van der Waals surface area contributed by atoms with Gasteiger partial charge < -0.3 is 10.2 Å². The van der Waals surface area contributed by atoms with E-state index in [4.69, 9.17) is 23.2 Å². The molecule has 0 bridgehead atoms. The van der Waals surface area contributed by atoms with Gasteiger partial charge in [-0.1, -0.05) is 89.9 Å². The number of benzene rings is 4. The Labute approximate surface area is 233 Å². The van der Waals surface area contributed by atoms with Crippen LogP contribution < -0.4 is 10.2 Å². The van der Waals surface area contributed by atoms with E-state index in [1.165, 1.54) is 0 Å². The molecular formula is C32H16Cl2N2O3. The first-order valence-corrected chi connectivity index (χ1v) is 13.1. The molecule has 0 aromatic heterocycles.